The number of pyridine rings is 1. The summed E-state index contributed by atoms with van der Waals surface area (Å²) >= 11 is 4.73. The second kappa shape index (κ2) is 4.52. The number of halogens is 7. The molecule has 1 aromatic rings. The quantitative estimate of drug-likeness (QED) is 0.563. The second-order valence-corrected chi connectivity index (χ2v) is 3.13. The Hall–Kier alpha value is -1.31. The van der Waals surface area contributed by atoms with Crippen molar-refractivity contribution in [3.05, 3.63) is 23.9 Å². The van der Waals surface area contributed by atoms with Crippen LogP contribution in [-0.2, 0) is 6.18 Å². The van der Waals surface area contributed by atoms with Crippen LogP contribution in [0.2, 0.25) is 0 Å². The molecule has 0 saturated carbocycles. The SMILES string of the molecule is FC(F)(F)C(Cl)=Nc1ncccc1C(F)(F)F. The predicted molar refractivity (Wildman–Crippen MR) is 48.2 cm³/mol. The van der Waals surface area contributed by atoms with E-state index >= 15 is 0 Å². The lowest BCUT2D eigenvalue weighted by molar-refractivity contribution is -0.137. The number of hydrogen-bond acceptors (Lipinski definition) is 2. The van der Waals surface area contributed by atoms with Crippen molar-refractivity contribution in [2.45, 2.75) is 12.4 Å². The molecule has 0 aromatic carbocycles. The van der Waals surface area contributed by atoms with Gasteiger partial charge in [0.2, 0.25) is 5.17 Å². The van der Waals surface area contributed by atoms with E-state index in [1.165, 1.54) is 0 Å². The van der Waals surface area contributed by atoms with Gasteiger partial charge in [-0.2, -0.15) is 26.3 Å². The summed E-state index contributed by atoms with van der Waals surface area (Å²) < 4.78 is 73.1. The molecule has 0 spiro atoms. The lowest BCUT2D eigenvalue weighted by Gasteiger charge is -2.09. The molecule has 0 bridgehead atoms. The molecule has 2 nitrogen and oxygen atoms in total. The smallest absolute Gasteiger partial charge is 0.237 e. The van der Waals surface area contributed by atoms with E-state index in [2.05, 4.69) is 9.98 Å². The van der Waals surface area contributed by atoms with Gasteiger partial charge in [0, 0.05) is 6.20 Å². The van der Waals surface area contributed by atoms with Crippen LogP contribution in [0.25, 0.3) is 0 Å². The Morgan fingerprint density at radius 2 is 1.76 bits per heavy atom. The van der Waals surface area contributed by atoms with Crippen LogP contribution in [0, 0.1) is 0 Å². The fraction of sp³-hybridized carbons (Fsp3) is 0.250. The molecule has 94 valence electrons. The molecule has 1 heterocycles. The first-order chi connectivity index (χ1) is 7.62. The van der Waals surface area contributed by atoms with Gasteiger partial charge in [-0.3, -0.25) is 0 Å². The Labute approximate surface area is 95.9 Å². The molecule has 1 rings (SSSR count). The zero-order valence-electron chi connectivity index (χ0n) is 7.77. The summed E-state index contributed by atoms with van der Waals surface area (Å²) in [7, 11) is 0. The highest BCUT2D eigenvalue weighted by Crippen LogP contribution is 2.35. The summed E-state index contributed by atoms with van der Waals surface area (Å²) in [5, 5.41) is -1.92. The van der Waals surface area contributed by atoms with E-state index in [1.807, 2.05) is 0 Å². The highest BCUT2D eigenvalue weighted by atomic mass is 35.5. The molecule has 0 N–H and O–H groups in total. The van der Waals surface area contributed by atoms with Gasteiger partial charge in [0.1, 0.15) is 5.56 Å². The topological polar surface area (TPSA) is 25.2 Å². The maximum atomic E-state index is 12.4. The Morgan fingerprint density at radius 3 is 2.24 bits per heavy atom. The molecule has 0 aliphatic rings. The molecule has 17 heavy (non-hydrogen) atoms. The van der Waals surface area contributed by atoms with Gasteiger partial charge in [0.25, 0.3) is 0 Å². The van der Waals surface area contributed by atoms with Gasteiger partial charge in [-0.15, -0.1) is 0 Å². The molecule has 0 radical (unpaired) electrons. The minimum absolute atomic E-state index is 0.562. The third-order valence-corrected chi connectivity index (χ3v) is 1.83. The van der Waals surface area contributed by atoms with Crippen LogP contribution in [0.1, 0.15) is 5.56 Å². The molecule has 9 heteroatoms. The summed E-state index contributed by atoms with van der Waals surface area (Å²) in [5.41, 5.74) is -1.39. The lowest BCUT2D eigenvalue weighted by Crippen LogP contribution is -2.17. The van der Waals surface area contributed by atoms with E-state index in [1.54, 1.807) is 0 Å². The van der Waals surface area contributed by atoms with Crippen LogP contribution in [0.4, 0.5) is 32.2 Å². The predicted octanol–water partition coefficient (Wildman–Crippen LogP) is 3.93. The van der Waals surface area contributed by atoms with Crippen molar-refractivity contribution in [3.63, 3.8) is 0 Å². The van der Waals surface area contributed by atoms with Crippen LogP contribution < -0.4 is 0 Å². The molecule has 1 aromatic heterocycles. The number of aromatic nitrogens is 1. The van der Waals surface area contributed by atoms with Gasteiger partial charge in [-0.05, 0) is 12.1 Å². The van der Waals surface area contributed by atoms with Gasteiger partial charge < -0.3 is 0 Å². The summed E-state index contributed by atoms with van der Waals surface area (Å²) in [6, 6.07) is 1.50. The van der Waals surface area contributed by atoms with Gasteiger partial charge in [0.05, 0.1) is 0 Å². The van der Waals surface area contributed by atoms with E-state index in [-0.39, 0.29) is 0 Å². The maximum absolute atomic E-state index is 12.4. The van der Waals surface area contributed by atoms with Crippen molar-refractivity contribution >= 4 is 22.6 Å². The molecule has 0 atom stereocenters. The number of aliphatic imine (C=N–C) groups is 1. The average molecular weight is 277 g/mol. The fourth-order valence-electron chi connectivity index (χ4n) is 0.864. The fourth-order valence-corrected chi connectivity index (χ4v) is 0.944. The standard InChI is InChI=1S/C8H3ClF6N2/c9-6(8(13,14)15)17-5-4(7(10,11)12)2-1-3-16-5/h1-3H. The second-order valence-electron chi connectivity index (χ2n) is 2.77. The molecule has 0 amide bonds. The van der Waals surface area contributed by atoms with Gasteiger partial charge in [0.15, 0.2) is 5.82 Å². The van der Waals surface area contributed by atoms with Crippen LogP contribution >= 0.6 is 11.6 Å². The molecular formula is C8H3ClF6N2. The van der Waals surface area contributed by atoms with Crippen molar-refractivity contribution in [1.29, 1.82) is 0 Å². The number of nitrogens with zero attached hydrogens (tertiary/aromatic N) is 2. The lowest BCUT2D eigenvalue weighted by atomic mass is 10.2. The first-order valence-corrected chi connectivity index (χ1v) is 4.34. The van der Waals surface area contributed by atoms with Crippen molar-refractivity contribution in [3.8, 4) is 0 Å². The van der Waals surface area contributed by atoms with E-state index in [0.717, 1.165) is 12.3 Å². The normalized spacial score (nSPS) is 13.9. The molecule has 0 aliphatic carbocycles. The summed E-state index contributed by atoms with van der Waals surface area (Å²) in [4.78, 5) is 5.73. The average Bonchev–Trinajstić information content (AvgIpc) is 2.15. The van der Waals surface area contributed by atoms with Crippen LogP contribution in [0.3, 0.4) is 0 Å². The number of rotatable bonds is 1. The van der Waals surface area contributed by atoms with Crippen molar-refractivity contribution in [1.82, 2.24) is 4.98 Å². The largest absolute Gasteiger partial charge is 0.444 e. The van der Waals surface area contributed by atoms with Crippen molar-refractivity contribution in [2.24, 2.45) is 4.99 Å². The monoisotopic (exact) mass is 276 g/mol. The molecule has 0 unspecified atom stereocenters. The molecule has 0 aliphatic heterocycles. The summed E-state index contributed by atoms with van der Waals surface area (Å²) in [6.07, 6.45) is -8.98. The third-order valence-electron chi connectivity index (χ3n) is 1.53. The zero-order chi connectivity index (χ0) is 13.3. The van der Waals surface area contributed by atoms with Gasteiger partial charge in [-0.25, -0.2) is 9.98 Å². The van der Waals surface area contributed by atoms with Gasteiger partial charge >= 0.3 is 12.4 Å². The van der Waals surface area contributed by atoms with Crippen LogP contribution in [-0.4, -0.2) is 16.3 Å². The minimum atomic E-state index is -5.01. The van der Waals surface area contributed by atoms with Gasteiger partial charge in [-0.1, -0.05) is 11.6 Å². The Bertz CT molecular complexity index is 436. The minimum Gasteiger partial charge on any atom is -0.237 e. The van der Waals surface area contributed by atoms with Crippen LogP contribution in [0.5, 0.6) is 0 Å². The van der Waals surface area contributed by atoms with Crippen molar-refractivity contribution < 1.29 is 26.3 Å². The third kappa shape index (κ3) is 3.58. The zero-order valence-corrected chi connectivity index (χ0v) is 8.53. The Kier molecular flexibility index (Phi) is 3.65. The molecule has 0 fully saturated rings. The highest BCUT2D eigenvalue weighted by molar-refractivity contribution is 6.67. The first kappa shape index (κ1) is 13.8. The van der Waals surface area contributed by atoms with Crippen LogP contribution in [0.15, 0.2) is 23.3 Å². The Balaban J connectivity index is 3.25. The molecular weight excluding hydrogens is 274 g/mol. The van der Waals surface area contributed by atoms with E-state index in [9.17, 15) is 26.3 Å². The maximum Gasteiger partial charge on any atom is 0.444 e. The number of hydrogen-bond donors (Lipinski definition) is 0. The Morgan fingerprint density at radius 1 is 1.18 bits per heavy atom. The highest BCUT2D eigenvalue weighted by Gasteiger charge is 2.37. The summed E-state index contributed by atoms with van der Waals surface area (Å²) in [6.45, 7) is 0. The van der Waals surface area contributed by atoms with E-state index in [0.29, 0.717) is 6.07 Å². The number of alkyl halides is 6. The van der Waals surface area contributed by atoms with Crippen molar-refractivity contribution in [2.75, 3.05) is 0 Å². The van der Waals surface area contributed by atoms with E-state index < -0.39 is 28.9 Å². The molecule has 0 saturated heterocycles. The van der Waals surface area contributed by atoms with E-state index in [4.69, 9.17) is 11.6 Å². The summed E-state index contributed by atoms with van der Waals surface area (Å²) in [5.74, 6) is -1.12. The first-order valence-electron chi connectivity index (χ1n) is 3.96.